The molecule has 16 heavy (non-hydrogen) atoms. The Hall–Kier alpha value is -0.660. The van der Waals surface area contributed by atoms with Crippen LogP contribution in [-0.2, 0) is 4.79 Å². The third-order valence-corrected chi connectivity index (χ3v) is 3.13. The molecule has 0 aromatic heterocycles. The van der Waals surface area contributed by atoms with Crippen LogP contribution in [0.15, 0.2) is 24.3 Å². The van der Waals surface area contributed by atoms with E-state index in [1.165, 1.54) is 6.92 Å². The van der Waals surface area contributed by atoms with Gasteiger partial charge in [0.15, 0.2) is 0 Å². The summed E-state index contributed by atoms with van der Waals surface area (Å²) >= 11 is 2.09. The van der Waals surface area contributed by atoms with Crippen molar-refractivity contribution in [1.82, 2.24) is 5.32 Å². The van der Waals surface area contributed by atoms with Gasteiger partial charge < -0.3 is 15.5 Å². The number of carbonyl (C=O) groups excluding carboxylic acids is 1. The molecule has 0 spiro atoms. The topological polar surface area (TPSA) is 69.6 Å². The summed E-state index contributed by atoms with van der Waals surface area (Å²) < 4.78 is 0.884. The van der Waals surface area contributed by atoms with Gasteiger partial charge in [-0.3, -0.25) is 4.79 Å². The van der Waals surface area contributed by atoms with E-state index in [4.69, 9.17) is 0 Å². The van der Waals surface area contributed by atoms with Crippen LogP contribution >= 0.6 is 22.6 Å². The highest BCUT2D eigenvalue weighted by Gasteiger charge is 2.20. The molecule has 2 unspecified atom stereocenters. The van der Waals surface area contributed by atoms with Gasteiger partial charge in [0.1, 0.15) is 12.2 Å². The molecule has 0 saturated carbocycles. The van der Waals surface area contributed by atoms with E-state index >= 15 is 0 Å². The number of hydrogen-bond donors (Lipinski definition) is 3. The first-order valence-electron chi connectivity index (χ1n) is 4.87. The Balaban J connectivity index is 2.66. The lowest BCUT2D eigenvalue weighted by Crippen LogP contribution is -2.34. The third kappa shape index (κ3) is 3.73. The van der Waals surface area contributed by atoms with Gasteiger partial charge in [-0.15, -0.1) is 0 Å². The fraction of sp³-hybridized carbons (Fsp3) is 0.364. The summed E-state index contributed by atoms with van der Waals surface area (Å²) in [5.74, 6) is -0.228. The van der Waals surface area contributed by atoms with E-state index in [1.807, 2.05) is 12.1 Å². The van der Waals surface area contributed by atoms with Crippen molar-refractivity contribution < 1.29 is 15.0 Å². The Morgan fingerprint density at radius 2 is 2.06 bits per heavy atom. The van der Waals surface area contributed by atoms with Crippen molar-refractivity contribution >= 4 is 28.5 Å². The molecule has 0 heterocycles. The van der Waals surface area contributed by atoms with Gasteiger partial charge in [-0.05, 0) is 34.2 Å². The molecule has 0 bridgehead atoms. The Kier molecular flexibility index (Phi) is 5.17. The van der Waals surface area contributed by atoms with E-state index in [9.17, 15) is 15.0 Å². The lowest BCUT2D eigenvalue weighted by Gasteiger charge is -2.19. The minimum atomic E-state index is -1.00. The number of carbonyl (C=O) groups is 1. The van der Waals surface area contributed by atoms with Crippen LogP contribution in [0.5, 0.6) is 0 Å². The SMILES string of the molecule is CC(=O)NCC(O)C(O)c1ccccc1I. The number of aliphatic hydroxyl groups excluding tert-OH is 2. The Morgan fingerprint density at radius 1 is 1.44 bits per heavy atom. The summed E-state index contributed by atoms with van der Waals surface area (Å²) in [6.07, 6.45) is -1.99. The Morgan fingerprint density at radius 3 is 2.62 bits per heavy atom. The zero-order valence-electron chi connectivity index (χ0n) is 8.85. The van der Waals surface area contributed by atoms with Gasteiger partial charge in [-0.2, -0.15) is 0 Å². The predicted octanol–water partition coefficient (Wildman–Crippen LogP) is 0.822. The minimum absolute atomic E-state index is 0.0431. The number of rotatable bonds is 4. The highest BCUT2D eigenvalue weighted by Crippen LogP contribution is 2.22. The van der Waals surface area contributed by atoms with Crippen LogP contribution in [0.25, 0.3) is 0 Å². The lowest BCUT2D eigenvalue weighted by molar-refractivity contribution is -0.119. The highest BCUT2D eigenvalue weighted by atomic mass is 127. The van der Waals surface area contributed by atoms with E-state index in [0.29, 0.717) is 5.56 Å². The second-order valence-corrected chi connectivity index (χ2v) is 4.63. The van der Waals surface area contributed by atoms with E-state index in [0.717, 1.165) is 3.57 Å². The summed E-state index contributed by atoms with van der Waals surface area (Å²) in [6, 6.07) is 7.26. The summed E-state index contributed by atoms with van der Waals surface area (Å²) in [7, 11) is 0. The zero-order valence-corrected chi connectivity index (χ0v) is 11.0. The van der Waals surface area contributed by atoms with E-state index < -0.39 is 12.2 Å². The largest absolute Gasteiger partial charge is 0.388 e. The molecule has 4 nitrogen and oxygen atoms in total. The van der Waals surface area contributed by atoms with Crippen molar-refractivity contribution in [2.45, 2.75) is 19.1 Å². The van der Waals surface area contributed by atoms with Gasteiger partial charge in [0.2, 0.25) is 5.91 Å². The second kappa shape index (κ2) is 6.17. The summed E-state index contributed by atoms with van der Waals surface area (Å²) in [4.78, 5) is 10.7. The van der Waals surface area contributed by atoms with E-state index in [1.54, 1.807) is 12.1 Å². The first-order valence-corrected chi connectivity index (χ1v) is 5.95. The van der Waals surface area contributed by atoms with Crippen molar-refractivity contribution in [3.05, 3.63) is 33.4 Å². The monoisotopic (exact) mass is 335 g/mol. The summed E-state index contributed by atoms with van der Waals surface area (Å²) in [6.45, 7) is 1.41. The average molecular weight is 335 g/mol. The molecule has 0 aliphatic carbocycles. The first kappa shape index (κ1) is 13.4. The fourth-order valence-corrected chi connectivity index (χ4v) is 1.99. The van der Waals surface area contributed by atoms with E-state index in [2.05, 4.69) is 27.9 Å². The summed E-state index contributed by atoms with van der Waals surface area (Å²) in [5, 5.41) is 22.0. The maximum atomic E-state index is 10.7. The van der Waals surface area contributed by atoms with Gasteiger partial charge in [0.05, 0.1) is 0 Å². The van der Waals surface area contributed by atoms with Gasteiger partial charge in [0.25, 0.3) is 0 Å². The van der Waals surface area contributed by atoms with Gasteiger partial charge in [0, 0.05) is 17.0 Å². The quantitative estimate of drug-likeness (QED) is 0.714. The lowest BCUT2D eigenvalue weighted by atomic mass is 10.0. The van der Waals surface area contributed by atoms with Crippen LogP contribution in [0.4, 0.5) is 0 Å². The number of halogens is 1. The third-order valence-electron chi connectivity index (χ3n) is 2.15. The molecular weight excluding hydrogens is 321 g/mol. The van der Waals surface area contributed by atoms with Crippen molar-refractivity contribution in [2.24, 2.45) is 0 Å². The molecule has 88 valence electrons. The Labute approximate surface area is 108 Å². The molecular formula is C11H14INO3. The Bertz CT molecular complexity index is 370. The molecule has 1 rings (SSSR count). The van der Waals surface area contributed by atoms with Crippen LogP contribution in [0.2, 0.25) is 0 Å². The van der Waals surface area contributed by atoms with Crippen LogP contribution in [-0.4, -0.2) is 28.8 Å². The molecule has 1 amide bonds. The fourth-order valence-electron chi connectivity index (χ4n) is 1.28. The number of benzene rings is 1. The van der Waals surface area contributed by atoms with Crippen LogP contribution in [0, 0.1) is 3.57 Å². The normalized spacial score (nSPS) is 14.2. The molecule has 1 aromatic rings. The first-order chi connectivity index (χ1) is 7.52. The molecule has 3 N–H and O–H groups in total. The molecule has 0 aliphatic rings. The van der Waals surface area contributed by atoms with Gasteiger partial charge in [-0.1, -0.05) is 18.2 Å². The van der Waals surface area contributed by atoms with Crippen molar-refractivity contribution in [1.29, 1.82) is 0 Å². The second-order valence-electron chi connectivity index (χ2n) is 3.47. The van der Waals surface area contributed by atoms with Crippen LogP contribution in [0.3, 0.4) is 0 Å². The smallest absolute Gasteiger partial charge is 0.216 e. The standard InChI is InChI=1S/C11H14INO3/c1-7(14)13-6-10(15)11(16)8-4-2-3-5-9(8)12/h2-5,10-11,15-16H,6H2,1H3,(H,13,14). The number of aliphatic hydroxyl groups is 2. The molecule has 5 heteroatoms. The number of nitrogens with one attached hydrogen (secondary N) is 1. The summed E-state index contributed by atoms with van der Waals surface area (Å²) in [5.41, 5.74) is 0.668. The molecule has 2 atom stereocenters. The molecule has 0 radical (unpaired) electrons. The molecule has 0 saturated heterocycles. The van der Waals surface area contributed by atoms with Gasteiger partial charge in [-0.25, -0.2) is 0 Å². The van der Waals surface area contributed by atoms with Crippen molar-refractivity contribution in [3.8, 4) is 0 Å². The van der Waals surface area contributed by atoms with Gasteiger partial charge >= 0.3 is 0 Å². The maximum absolute atomic E-state index is 10.7. The maximum Gasteiger partial charge on any atom is 0.216 e. The number of amides is 1. The van der Waals surface area contributed by atoms with Crippen LogP contribution < -0.4 is 5.32 Å². The van der Waals surface area contributed by atoms with Crippen molar-refractivity contribution in [3.63, 3.8) is 0 Å². The average Bonchev–Trinajstić information content (AvgIpc) is 2.25. The number of hydrogen-bond acceptors (Lipinski definition) is 3. The minimum Gasteiger partial charge on any atom is -0.388 e. The van der Waals surface area contributed by atoms with E-state index in [-0.39, 0.29) is 12.5 Å². The molecule has 0 fully saturated rings. The zero-order chi connectivity index (χ0) is 12.1. The molecule has 0 aliphatic heterocycles. The molecule has 1 aromatic carbocycles. The van der Waals surface area contributed by atoms with Crippen LogP contribution in [0.1, 0.15) is 18.6 Å². The highest BCUT2D eigenvalue weighted by molar-refractivity contribution is 14.1. The van der Waals surface area contributed by atoms with Crippen molar-refractivity contribution in [2.75, 3.05) is 6.54 Å². The predicted molar refractivity (Wildman–Crippen MR) is 68.8 cm³/mol.